The number of amides is 2. The number of carbonyl (C=O) groups excluding carboxylic acids is 2. The predicted molar refractivity (Wildman–Crippen MR) is 92.0 cm³/mol. The molecule has 2 rings (SSSR count). The Balaban J connectivity index is 1.89. The van der Waals surface area contributed by atoms with Crippen molar-refractivity contribution in [3.8, 4) is 0 Å². The minimum Gasteiger partial charge on any atom is -0.354 e. The maximum Gasteiger partial charge on any atom is 0.241 e. The molecule has 2 N–H and O–H groups in total. The number of piperidine rings is 1. The normalized spacial score (nSPS) is 17.4. The monoisotopic (exact) mass is 353 g/mol. The summed E-state index contributed by atoms with van der Waals surface area (Å²) in [5.74, 6) is -1.68. The quantitative estimate of drug-likeness (QED) is 0.855. The fourth-order valence-electron chi connectivity index (χ4n) is 2.95. The molecule has 7 heteroatoms. The third kappa shape index (κ3) is 5.22. The summed E-state index contributed by atoms with van der Waals surface area (Å²) < 4.78 is 26.8. The lowest BCUT2D eigenvalue weighted by molar-refractivity contribution is -0.127. The van der Waals surface area contributed by atoms with Gasteiger partial charge in [0.15, 0.2) is 0 Å². The summed E-state index contributed by atoms with van der Waals surface area (Å²) in [5, 5.41) is 5.34. The zero-order valence-corrected chi connectivity index (χ0v) is 14.8. The molecule has 1 aromatic carbocycles. The van der Waals surface area contributed by atoms with E-state index in [9.17, 15) is 18.4 Å². The molecule has 25 heavy (non-hydrogen) atoms. The molecule has 0 radical (unpaired) electrons. The summed E-state index contributed by atoms with van der Waals surface area (Å²) in [4.78, 5) is 26.3. The van der Waals surface area contributed by atoms with Crippen molar-refractivity contribution in [2.75, 3.05) is 18.4 Å². The molecule has 5 nitrogen and oxygen atoms in total. The number of hydrogen-bond acceptors (Lipinski definition) is 3. The van der Waals surface area contributed by atoms with Gasteiger partial charge in [-0.1, -0.05) is 0 Å². The van der Waals surface area contributed by atoms with Crippen LogP contribution in [0.5, 0.6) is 0 Å². The van der Waals surface area contributed by atoms with Crippen LogP contribution >= 0.6 is 0 Å². The van der Waals surface area contributed by atoms with Gasteiger partial charge in [0.1, 0.15) is 11.6 Å². The SMILES string of the molecule is CC(C)NC(=O)C1CCN(C(C)C(=O)Nc2cc(F)ccc2F)CC1. The van der Waals surface area contributed by atoms with Crippen molar-refractivity contribution in [3.05, 3.63) is 29.8 Å². The fourth-order valence-corrected chi connectivity index (χ4v) is 2.95. The molecule has 138 valence electrons. The average molecular weight is 353 g/mol. The Kier molecular flexibility index (Phi) is 6.47. The van der Waals surface area contributed by atoms with Crippen LogP contribution in [0.25, 0.3) is 0 Å². The molecule has 1 aliphatic heterocycles. The number of hydrogen-bond donors (Lipinski definition) is 2. The molecular formula is C18H25F2N3O2. The van der Waals surface area contributed by atoms with Crippen LogP contribution in [0.4, 0.5) is 14.5 Å². The number of anilines is 1. The van der Waals surface area contributed by atoms with Crippen LogP contribution in [-0.2, 0) is 9.59 Å². The molecular weight excluding hydrogens is 328 g/mol. The van der Waals surface area contributed by atoms with Crippen LogP contribution < -0.4 is 10.6 Å². The Morgan fingerprint density at radius 2 is 1.80 bits per heavy atom. The highest BCUT2D eigenvalue weighted by atomic mass is 19.1. The first-order chi connectivity index (χ1) is 11.8. The maximum absolute atomic E-state index is 13.6. The molecule has 0 aromatic heterocycles. The van der Waals surface area contributed by atoms with Gasteiger partial charge in [-0.3, -0.25) is 14.5 Å². The molecule has 1 fully saturated rings. The van der Waals surface area contributed by atoms with Crippen LogP contribution in [0.3, 0.4) is 0 Å². The first-order valence-electron chi connectivity index (χ1n) is 8.58. The summed E-state index contributed by atoms with van der Waals surface area (Å²) in [7, 11) is 0. The maximum atomic E-state index is 13.6. The summed E-state index contributed by atoms with van der Waals surface area (Å²) in [5.41, 5.74) is -0.164. The third-order valence-corrected chi connectivity index (χ3v) is 4.44. The first kappa shape index (κ1) is 19.3. The van der Waals surface area contributed by atoms with E-state index in [1.165, 1.54) is 0 Å². The number of benzene rings is 1. The molecule has 1 aromatic rings. The second kappa shape index (κ2) is 8.38. The molecule has 1 saturated heterocycles. The van der Waals surface area contributed by atoms with Gasteiger partial charge >= 0.3 is 0 Å². The van der Waals surface area contributed by atoms with E-state index in [-0.39, 0.29) is 23.6 Å². The second-order valence-corrected chi connectivity index (χ2v) is 6.76. The van der Waals surface area contributed by atoms with Gasteiger partial charge in [-0.25, -0.2) is 8.78 Å². The van der Waals surface area contributed by atoms with Crippen molar-refractivity contribution in [3.63, 3.8) is 0 Å². The van der Waals surface area contributed by atoms with Gasteiger partial charge in [0.25, 0.3) is 0 Å². The Morgan fingerprint density at radius 1 is 1.16 bits per heavy atom. The molecule has 0 aliphatic carbocycles. The minimum atomic E-state index is -0.675. The van der Waals surface area contributed by atoms with E-state index in [4.69, 9.17) is 0 Å². The van der Waals surface area contributed by atoms with Gasteiger partial charge in [0, 0.05) is 18.0 Å². The van der Waals surface area contributed by atoms with Crippen molar-refractivity contribution in [1.82, 2.24) is 10.2 Å². The summed E-state index contributed by atoms with van der Waals surface area (Å²) in [6, 6.07) is 2.56. The molecule has 0 spiro atoms. The van der Waals surface area contributed by atoms with E-state index in [1.54, 1.807) is 6.92 Å². The summed E-state index contributed by atoms with van der Waals surface area (Å²) in [6.45, 7) is 6.78. The van der Waals surface area contributed by atoms with Gasteiger partial charge in [-0.2, -0.15) is 0 Å². The lowest BCUT2D eigenvalue weighted by Gasteiger charge is -2.35. The average Bonchev–Trinajstić information content (AvgIpc) is 2.57. The van der Waals surface area contributed by atoms with E-state index < -0.39 is 23.6 Å². The Labute approximate surface area is 146 Å². The van der Waals surface area contributed by atoms with E-state index in [0.29, 0.717) is 25.9 Å². The first-order valence-corrected chi connectivity index (χ1v) is 8.58. The van der Waals surface area contributed by atoms with Crippen molar-refractivity contribution in [2.45, 2.75) is 45.7 Å². The number of nitrogens with one attached hydrogen (secondary N) is 2. The van der Waals surface area contributed by atoms with Gasteiger partial charge < -0.3 is 10.6 Å². The van der Waals surface area contributed by atoms with E-state index >= 15 is 0 Å². The number of rotatable bonds is 5. The standard InChI is InChI=1S/C18H25F2N3O2/c1-11(2)21-18(25)13-6-8-23(9-7-13)12(3)17(24)22-16-10-14(19)4-5-15(16)20/h4-5,10-13H,6-9H2,1-3H3,(H,21,25)(H,22,24). The third-order valence-electron chi connectivity index (χ3n) is 4.44. The number of likely N-dealkylation sites (tertiary alicyclic amines) is 1. The van der Waals surface area contributed by atoms with Crippen molar-refractivity contribution >= 4 is 17.5 Å². The van der Waals surface area contributed by atoms with Gasteiger partial charge in [-0.15, -0.1) is 0 Å². The molecule has 1 aliphatic rings. The van der Waals surface area contributed by atoms with Crippen molar-refractivity contribution < 1.29 is 18.4 Å². The highest BCUT2D eigenvalue weighted by molar-refractivity contribution is 5.94. The Morgan fingerprint density at radius 3 is 2.40 bits per heavy atom. The number of carbonyl (C=O) groups is 2. The summed E-state index contributed by atoms with van der Waals surface area (Å²) >= 11 is 0. The molecule has 0 bridgehead atoms. The van der Waals surface area contributed by atoms with Crippen LogP contribution in [0.2, 0.25) is 0 Å². The Hall–Kier alpha value is -2.02. The van der Waals surface area contributed by atoms with E-state index in [2.05, 4.69) is 10.6 Å². The molecule has 1 heterocycles. The fraction of sp³-hybridized carbons (Fsp3) is 0.556. The highest BCUT2D eigenvalue weighted by Gasteiger charge is 2.30. The highest BCUT2D eigenvalue weighted by Crippen LogP contribution is 2.21. The topological polar surface area (TPSA) is 61.4 Å². The van der Waals surface area contributed by atoms with Crippen molar-refractivity contribution in [1.29, 1.82) is 0 Å². The second-order valence-electron chi connectivity index (χ2n) is 6.76. The van der Waals surface area contributed by atoms with Crippen molar-refractivity contribution in [2.24, 2.45) is 5.92 Å². The van der Waals surface area contributed by atoms with Crippen LogP contribution in [0.1, 0.15) is 33.6 Å². The van der Waals surface area contributed by atoms with Gasteiger partial charge in [0.2, 0.25) is 11.8 Å². The minimum absolute atomic E-state index is 0.0467. The van der Waals surface area contributed by atoms with Gasteiger partial charge in [0.05, 0.1) is 11.7 Å². The zero-order valence-electron chi connectivity index (χ0n) is 14.8. The smallest absolute Gasteiger partial charge is 0.241 e. The molecule has 0 saturated carbocycles. The summed E-state index contributed by atoms with van der Waals surface area (Å²) in [6.07, 6.45) is 1.34. The largest absolute Gasteiger partial charge is 0.354 e. The lowest BCUT2D eigenvalue weighted by atomic mass is 9.94. The Bertz CT molecular complexity index is 629. The van der Waals surface area contributed by atoms with Crippen LogP contribution in [-0.4, -0.2) is 41.9 Å². The zero-order chi connectivity index (χ0) is 18.6. The van der Waals surface area contributed by atoms with E-state index in [1.807, 2.05) is 18.7 Å². The lowest BCUT2D eigenvalue weighted by Crippen LogP contribution is -2.48. The number of nitrogens with zero attached hydrogens (tertiary/aromatic N) is 1. The molecule has 2 amide bonds. The number of halogens is 2. The predicted octanol–water partition coefficient (Wildman–Crippen LogP) is 2.53. The molecule has 1 atom stereocenters. The van der Waals surface area contributed by atoms with E-state index in [0.717, 1.165) is 18.2 Å². The van der Waals surface area contributed by atoms with Crippen LogP contribution in [0.15, 0.2) is 18.2 Å². The molecule has 1 unspecified atom stereocenters. The van der Waals surface area contributed by atoms with Gasteiger partial charge in [-0.05, 0) is 58.8 Å². The van der Waals surface area contributed by atoms with Crippen LogP contribution in [0, 0.1) is 17.6 Å².